The third kappa shape index (κ3) is 8.96. The van der Waals surface area contributed by atoms with Gasteiger partial charge in [-0.15, -0.1) is 24.0 Å². The summed E-state index contributed by atoms with van der Waals surface area (Å²) >= 11 is 0. The first kappa shape index (κ1) is 25.0. The van der Waals surface area contributed by atoms with E-state index in [1.165, 1.54) is 12.0 Å². The molecule has 0 radical (unpaired) electrons. The fraction of sp³-hybridized carbons (Fsp3) is 0.667. The summed E-state index contributed by atoms with van der Waals surface area (Å²) in [6.07, 6.45) is 1.17. The molecule has 2 rings (SSSR count). The number of morpholine rings is 1. The third-order valence-corrected chi connectivity index (χ3v) is 4.73. The third-order valence-electron chi connectivity index (χ3n) is 4.73. The molecule has 1 atom stereocenters. The minimum Gasteiger partial charge on any atom is -0.497 e. The topological polar surface area (TPSA) is 58.1 Å². The Morgan fingerprint density at radius 2 is 1.86 bits per heavy atom. The monoisotopic (exact) mass is 504 g/mol. The number of ether oxygens (including phenoxy) is 2. The maximum absolute atomic E-state index is 5.52. The molecule has 1 fully saturated rings. The van der Waals surface area contributed by atoms with Crippen molar-refractivity contribution in [2.45, 2.75) is 39.8 Å². The van der Waals surface area contributed by atoms with Crippen LogP contribution in [0.2, 0.25) is 0 Å². The number of methoxy groups -OCH3 is 1. The van der Waals surface area contributed by atoms with Gasteiger partial charge in [-0.2, -0.15) is 0 Å². The lowest BCUT2D eigenvalue weighted by Crippen LogP contribution is -2.51. The van der Waals surface area contributed by atoms with E-state index in [2.05, 4.69) is 48.4 Å². The Labute approximate surface area is 187 Å². The quantitative estimate of drug-likeness (QED) is 0.308. The summed E-state index contributed by atoms with van der Waals surface area (Å²) in [6, 6.07) is 8.56. The number of benzene rings is 1. The van der Waals surface area contributed by atoms with Gasteiger partial charge in [-0.1, -0.05) is 26.0 Å². The van der Waals surface area contributed by atoms with Gasteiger partial charge in [0.1, 0.15) is 5.75 Å². The summed E-state index contributed by atoms with van der Waals surface area (Å²) in [5, 5.41) is 6.91. The Hall–Kier alpha value is -1.06. The fourth-order valence-electron chi connectivity index (χ4n) is 3.31. The zero-order chi connectivity index (χ0) is 19.5. The molecule has 1 aliphatic heterocycles. The second-order valence-corrected chi connectivity index (χ2v) is 7.36. The van der Waals surface area contributed by atoms with Crippen molar-refractivity contribution in [1.82, 2.24) is 15.5 Å². The standard InChI is InChI=1S/C21H36N4O2.HI/c1-5-22-21(23-15-18-6-8-20(26-4)9-7-18)24-16-19(14-17(2)3)25-10-12-27-13-11-25;/h6-9,17,19H,5,10-16H2,1-4H3,(H2,22,23,24);1H. The van der Waals surface area contributed by atoms with Gasteiger partial charge in [0.25, 0.3) is 0 Å². The highest BCUT2D eigenvalue weighted by atomic mass is 127. The first-order valence-corrected chi connectivity index (χ1v) is 10.1. The van der Waals surface area contributed by atoms with E-state index in [-0.39, 0.29) is 24.0 Å². The molecule has 0 spiro atoms. The highest BCUT2D eigenvalue weighted by molar-refractivity contribution is 14.0. The Morgan fingerprint density at radius 1 is 1.18 bits per heavy atom. The average molecular weight is 504 g/mol. The molecule has 1 heterocycles. The molecule has 1 aliphatic rings. The van der Waals surface area contributed by atoms with Gasteiger partial charge in [0.05, 0.1) is 26.9 Å². The molecule has 6 nitrogen and oxygen atoms in total. The molecule has 160 valence electrons. The molecule has 28 heavy (non-hydrogen) atoms. The van der Waals surface area contributed by atoms with Crippen molar-refractivity contribution in [3.8, 4) is 5.75 Å². The molecule has 0 aliphatic carbocycles. The SMILES string of the molecule is CCNC(=NCc1ccc(OC)cc1)NCC(CC(C)C)N1CCOCC1.I. The van der Waals surface area contributed by atoms with E-state index in [4.69, 9.17) is 14.5 Å². The van der Waals surface area contributed by atoms with Crippen LogP contribution in [0.1, 0.15) is 32.8 Å². The van der Waals surface area contributed by atoms with Gasteiger partial charge in [-0.05, 0) is 37.0 Å². The van der Waals surface area contributed by atoms with E-state index in [1.54, 1.807) is 7.11 Å². The summed E-state index contributed by atoms with van der Waals surface area (Å²) in [6.45, 7) is 12.8. The molecule has 0 aromatic heterocycles. The molecule has 1 aromatic rings. The van der Waals surface area contributed by atoms with Gasteiger partial charge < -0.3 is 20.1 Å². The fourth-order valence-corrected chi connectivity index (χ4v) is 3.31. The predicted octanol–water partition coefficient (Wildman–Crippen LogP) is 3.12. The molecular weight excluding hydrogens is 467 g/mol. The van der Waals surface area contributed by atoms with E-state index >= 15 is 0 Å². The molecule has 0 bridgehead atoms. The average Bonchev–Trinajstić information content (AvgIpc) is 2.69. The zero-order valence-electron chi connectivity index (χ0n) is 17.7. The lowest BCUT2D eigenvalue weighted by molar-refractivity contribution is 0.0132. The smallest absolute Gasteiger partial charge is 0.191 e. The summed E-state index contributed by atoms with van der Waals surface area (Å²) in [4.78, 5) is 7.29. The van der Waals surface area contributed by atoms with Gasteiger partial charge in [0.2, 0.25) is 0 Å². The molecule has 1 saturated heterocycles. The second-order valence-electron chi connectivity index (χ2n) is 7.36. The summed E-state index contributed by atoms with van der Waals surface area (Å²) in [5.74, 6) is 2.41. The normalized spacial score (nSPS) is 16.4. The Kier molecular flexibility index (Phi) is 12.5. The van der Waals surface area contributed by atoms with E-state index in [1.807, 2.05) is 12.1 Å². The van der Waals surface area contributed by atoms with Crippen LogP contribution in [0.5, 0.6) is 5.75 Å². The van der Waals surface area contributed by atoms with Crippen LogP contribution in [0.25, 0.3) is 0 Å². The first-order chi connectivity index (χ1) is 13.1. The number of rotatable bonds is 9. The molecule has 1 aromatic carbocycles. The van der Waals surface area contributed by atoms with Crippen LogP contribution in [0, 0.1) is 5.92 Å². The number of nitrogens with one attached hydrogen (secondary N) is 2. The largest absolute Gasteiger partial charge is 0.497 e. The Balaban J connectivity index is 0.00000392. The van der Waals surface area contributed by atoms with E-state index in [0.717, 1.165) is 51.1 Å². The van der Waals surface area contributed by atoms with Gasteiger partial charge >= 0.3 is 0 Å². The van der Waals surface area contributed by atoms with Crippen molar-refractivity contribution in [1.29, 1.82) is 0 Å². The minimum atomic E-state index is 0. The van der Waals surface area contributed by atoms with Crippen LogP contribution in [-0.4, -0.2) is 63.4 Å². The summed E-state index contributed by atoms with van der Waals surface area (Å²) < 4.78 is 10.7. The molecule has 2 N–H and O–H groups in total. The van der Waals surface area contributed by atoms with Gasteiger partial charge in [-0.25, -0.2) is 4.99 Å². The van der Waals surface area contributed by atoms with E-state index in [9.17, 15) is 0 Å². The predicted molar refractivity (Wildman–Crippen MR) is 127 cm³/mol. The van der Waals surface area contributed by atoms with Crippen molar-refractivity contribution >= 4 is 29.9 Å². The van der Waals surface area contributed by atoms with Gasteiger partial charge in [-0.3, -0.25) is 4.90 Å². The molecule has 0 saturated carbocycles. The number of hydrogen-bond acceptors (Lipinski definition) is 4. The number of halogens is 1. The molecule has 7 heteroatoms. The van der Waals surface area contributed by atoms with E-state index < -0.39 is 0 Å². The number of nitrogens with zero attached hydrogens (tertiary/aromatic N) is 2. The summed E-state index contributed by atoms with van der Waals surface area (Å²) in [7, 11) is 1.68. The van der Waals surface area contributed by atoms with Crippen molar-refractivity contribution in [3.05, 3.63) is 29.8 Å². The lowest BCUT2D eigenvalue weighted by atomic mass is 10.0. The lowest BCUT2D eigenvalue weighted by Gasteiger charge is -2.35. The summed E-state index contributed by atoms with van der Waals surface area (Å²) in [5.41, 5.74) is 1.17. The van der Waals surface area contributed by atoms with Crippen LogP contribution in [0.4, 0.5) is 0 Å². The van der Waals surface area contributed by atoms with Crippen molar-refractivity contribution < 1.29 is 9.47 Å². The van der Waals surface area contributed by atoms with Crippen LogP contribution < -0.4 is 15.4 Å². The maximum Gasteiger partial charge on any atom is 0.191 e. The molecule has 1 unspecified atom stereocenters. The van der Waals surface area contributed by atoms with Crippen molar-refractivity contribution in [2.24, 2.45) is 10.9 Å². The number of guanidine groups is 1. The van der Waals surface area contributed by atoms with Crippen LogP contribution in [0.3, 0.4) is 0 Å². The van der Waals surface area contributed by atoms with Crippen LogP contribution >= 0.6 is 24.0 Å². The second kappa shape index (κ2) is 14.0. The Morgan fingerprint density at radius 3 is 2.43 bits per heavy atom. The van der Waals surface area contributed by atoms with Crippen molar-refractivity contribution in [3.63, 3.8) is 0 Å². The van der Waals surface area contributed by atoms with E-state index in [0.29, 0.717) is 18.5 Å². The molecular formula is C21H37IN4O2. The van der Waals surface area contributed by atoms with Crippen LogP contribution in [0.15, 0.2) is 29.3 Å². The zero-order valence-corrected chi connectivity index (χ0v) is 20.1. The first-order valence-electron chi connectivity index (χ1n) is 10.1. The highest BCUT2D eigenvalue weighted by Gasteiger charge is 2.22. The Bertz CT molecular complexity index is 560. The number of aliphatic imine (C=N–C) groups is 1. The van der Waals surface area contributed by atoms with Gasteiger partial charge in [0.15, 0.2) is 5.96 Å². The van der Waals surface area contributed by atoms with Crippen LogP contribution in [-0.2, 0) is 11.3 Å². The minimum absolute atomic E-state index is 0. The highest BCUT2D eigenvalue weighted by Crippen LogP contribution is 2.13. The maximum atomic E-state index is 5.52. The van der Waals surface area contributed by atoms with Gasteiger partial charge in [0, 0.05) is 32.2 Å². The van der Waals surface area contributed by atoms with Crippen molar-refractivity contribution in [2.75, 3.05) is 46.5 Å². The number of hydrogen-bond donors (Lipinski definition) is 2. The molecule has 0 amide bonds.